The lowest BCUT2D eigenvalue weighted by Gasteiger charge is -2.45. The molecule has 2 fully saturated rings. The maximum absolute atomic E-state index is 15.4. The molecule has 23 nitrogen and oxygen atoms in total. The Labute approximate surface area is 607 Å². The number of likely N-dealkylation sites (N-methyl/N-ethyl adjacent to an activating group) is 1. The summed E-state index contributed by atoms with van der Waals surface area (Å²) in [6.07, 6.45) is 9.94. The first-order chi connectivity index (χ1) is 50.3. The average Bonchev–Trinajstić information content (AvgIpc) is 1.49. The number of rotatable bonds is 22. The summed E-state index contributed by atoms with van der Waals surface area (Å²) in [5.74, 6) is -5.91. The smallest absolute Gasteiger partial charge is 0.245 e. The Hall–Kier alpha value is -9.78. The van der Waals surface area contributed by atoms with Crippen LogP contribution < -0.4 is 54.4 Å². The Morgan fingerprint density at radius 1 is 0.558 bits per heavy atom. The number of aliphatic hydroxyl groups excluding tert-OH is 1. The highest BCUT2D eigenvalue weighted by molar-refractivity contribution is 5.99. The van der Waals surface area contributed by atoms with E-state index in [2.05, 4.69) is 88.5 Å². The number of benzene rings is 5. The molecule has 16 N–H and O–H groups in total. The maximum Gasteiger partial charge on any atom is 0.245 e. The zero-order valence-corrected chi connectivity index (χ0v) is 59.7. The third-order valence-corrected chi connectivity index (χ3v) is 20.9. The fourth-order valence-electron chi connectivity index (χ4n) is 15.3. The van der Waals surface area contributed by atoms with Gasteiger partial charge in [0.1, 0.15) is 42.1 Å². The topological polar surface area (TPSA) is 366 Å². The molecular formula is C80H103FN14O9. The fraction of sp³-hybridized carbons (Fsp3) is 0.463. The number of fused-ring (bicyclic) bond motifs is 3. The number of nitrogens with zero attached hydrogens (tertiary/aromatic N) is 2. The van der Waals surface area contributed by atoms with E-state index < -0.39 is 95.6 Å². The van der Waals surface area contributed by atoms with Gasteiger partial charge in [-0.25, -0.2) is 4.39 Å². The van der Waals surface area contributed by atoms with Crippen molar-refractivity contribution in [1.29, 1.82) is 0 Å². The monoisotopic (exact) mass is 1420 g/mol. The second kappa shape index (κ2) is 37.6. The van der Waals surface area contributed by atoms with Gasteiger partial charge >= 0.3 is 0 Å². The quantitative estimate of drug-likeness (QED) is 0.0199. The molecule has 7 amide bonds. The number of carbonyl (C=O) groups excluding carboxylic acids is 8. The second-order valence-electron chi connectivity index (χ2n) is 28.7. The zero-order chi connectivity index (χ0) is 73.7. The van der Waals surface area contributed by atoms with E-state index in [1.54, 1.807) is 48.7 Å². The molecule has 0 unspecified atom stereocenters. The standard InChI is InChI=1S/C80H103FN14O9/c1-49(96)72-79(104)90-65(41-52-34-36-57(81)37-35-52)70(97)33-11-5-10-25-54(26-13-12-24-53-40-60-59-28-18-31-62-71(59)56(47-87-62)45-69(60)95(2)48-53)73(98)88-64(32-19-39-85-80(83)84)74(99)91-66(42-50-20-6-3-7-21-50)76(101)92-67(43-51-22-8-4-9-23-51)77(102)93-68(44-55-46-86-61-29-15-14-27-58(55)61)78(103)89-63(75(100)94-72)30-16-17-38-82/h3-4,6-9,14-15,18,20-23,27-29,31,34-37,46-47,49,53-54,60,63-69,72,86-87,96H,5,10-13,16-17,19,24-26,30,32-33,38-45,48,82H2,1-2H3,(H,88,98)(H,89,103)(H,90,104)(H,91,99)(H,92,101)(H,93,102)(H,94,100)(H4,83,84,85)/t49-,53-,54+,60-,63+,64+,65+,66+,67+,68-,69-,72+/m1/s1. The Morgan fingerprint density at radius 3 is 1.77 bits per heavy atom. The normalized spacial score (nSPS) is 24.3. The number of para-hydroxylation sites is 1. The molecule has 0 spiro atoms. The molecule has 2 saturated heterocycles. The summed E-state index contributed by atoms with van der Waals surface area (Å²) in [5, 5.41) is 33.6. The number of aliphatic hydroxyl groups is 1. The van der Waals surface area contributed by atoms with Crippen molar-refractivity contribution in [2.75, 3.05) is 26.7 Å². The van der Waals surface area contributed by atoms with Gasteiger partial charge in [0.25, 0.3) is 0 Å². The molecule has 0 radical (unpaired) electrons. The van der Waals surface area contributed by atoms with Gasteiger partial charge in [0.2, 0.25) is 41.4 Å². The lowest BCUT2D eigenvalue weighted by molar-refractivity contribution is -0.136. The van der Waals surface area contributed by atoms with Crippen LogP contribution in [0.1, 0.15) is 143 Å². The number of carbonyl (C=O) groups is 8. The van der Waals surface area contributed by atoms with Crippen molar-refractivity contribution in [2.45, 2.75) is 196 Å². The van der Waals surface area contributed by atoms with Crippen molar-refractivity contribution in [3.8, 4) is 0 Å². The van der Waals surface area contributed by atoms with E-state index >= 15 is 24.0 Å². The molecule has 0 saturated carbocycles. The summed E-state index contributed by atoms with van der Waals surface area (Å²) >= 11 is 0. The molecular weight excluding hydrogens is 1320 g/mol. The number of amides is 7. The first kappa shape index (κ1) is 76.8. The number of aromatic amines is 2. The number of ketones is 1. The number of H-pyrrole nitrogens is 2. The lowest BCUT2D eigenvalue weighted by Crippen LogP contribution is -2.61. The summed E-state index contributed by atoms with van der Waals surface area (Å²) < 4.78 is 14.3. The van der Waals surface area contributed by atoms with E-state index in [-0.39, 0.29) is 82.1 Å². The Kier molecular flexibility index (Phi) is 27.8. The highest BCUT2D eigenvalue weighted by Crippen LogP contribution is 2.45. The Morgan fingerprint density at radius 2 is 1.11 bits per heavy atom. The molecule has 104 heavy (non-hydrogen) atoms. The molecule has 2 aromatic heterocycles. The fourth-order valence-corrected chi connectivity index (χ4v) is 15.3. The maximum atomic E-state index is 15.4. The molecule has 10 rings (SSSR count). The van der Waals surface area contributed by atoms with Gasteiger partial charge in [-0.05, 0) is 161 Å². The minimum Gasteiger partial charge on any atom is -0.391 e. The van der Waals surface area contributed by atoms with Crippen molar-refractivity contribution >= 4 is 74.9 Å². The van der Waals surface area contributed by atoms with Crippen LogP contribution in [-0.2, 0) is 70.5 Å². The molecule has 2 aliphatic heterocycles. The molecule has 24 heteroatoms. The molecule has 12 atom stereocenters. The van der Waals surface area contributed by atoms with E-state index in [4.69, 9.17) is 17.2 Å². The van der Waals surface area contributed by atoms with Crippen molar-refractivity contribution in [1.82, 2.24) is 52.1 Å². The largest absolute Gasteiger partial charge is 0.391 e. The van der Waals surface area contributed by atoms with Crippen LogP contribution in [0, 0.1) is 17.7 Å². The molecule has 3 aliphatic rings. The van der Waals surface area contributed by atoms with Crippen LogP contribution in [0.3, 0.4) is 0 Å². The molecule has 5 aromatic carbocycles. The molecule has 0 bridgehead atoms. The minimum absolute atomic E-state index is 0.0123. The van der Waals surface area contributed by atoms with Gasteiger partial charge in [-0.15, -0.1) is 0 Å². The first-order valence-corrected chi connectivity index (χ1v) is 37.0. The SMILES string of the molecule is C[C@@H](O)[C@@H]1NC(=O)[C@H](CCCCN)NC(=O)[C@@H](Cc2c[nH]c3ccccc23)NC(=O)[C@H](Cc2ccccc2)NC(=O)[C@H](Cc2ccccc2)NC(=O)[C@H](CCCN=C(N)N)NC(=O)[C@H](CCCC[C@@H]2C[C@@H]3c4cccc5[nH]cc(c45)C[C@H]3N(C)C2)CCCCCC(=O)[C@H](Cc2ccc(F)cc2)NC1=O. The van der Waals surface area contributed by atoms with Gasteiger partial charge in [-0.1, -0.05) is 129 Å². The Balaban J connectivity index is 0.973. The lowest BCUT2D eigenvalue weighted by atomic mass is 9.71. The van der Waals surface area contributed by atoms with E-state index in [0.29, 0.717) is 91.5 Å². The van der Waals surface area contributed by atoms with Gasteiger partial charge in [-0.3, -0.25) is 43.3 Å². The van der Waals surface area contributed by atoms with Crippen molar-refractivity contribution < 1.29 is 47.9 Å². The number of likely N-dealkylation sites (tertiary alicyclic amines) is 1. The summed E-state index contributed by atoms with van der Waals surface area (Å²) in [6, 6.07) is 28.3. The van der Waals surface area contributed by atoms with Crippen LogP contribution in [0.25, 0.3) is 21.8 Å². The van der Waals surface area contributed by atoms with E-state index in [0.717, 1.165) is 48.6 Å². The van der Waals surface area contributed by atoms with Crippen LogP contribution in [0.4, 0.5) is 4.39 Å². The van der Waals surface area contributed by atoms with Crippen LogP contribution in [0.15, 0.2) is 145 Å². The summed E-state index contributed by atoms with van der Waals surface area (Å²) in [4.78, 5) is 134. The van der Waals surface area contributed by atoms with Crippen LogP contribution >= 0.6 is 0 Å². The second-order valence-corrected chi connectivity index (χ2v) is 28.7. The summed E-state index contributed by atoms with van der Waals surface area (Å²) in [5.41, 5.74) is 24.6. The van der Waals surface area contributed by atoms with Crippen LogP contribution in [0.5, 0.6) is 0 Å². The van der Waals surface area contributed by atoms with E-state index in [9.17, 15) is 23.9 Å². The number of guanidine groups is 1. The highest BCUT2D eigenvalue weighted by Gasteiger charge is 2.41. The number of nitrogens with two attached hydrogens (primary N) is 3. The van der Waals surface area contributed by atoms with Gasteiger partial charge in [0.05, 0.1) is 12.1 Å². The number of aliphatic imine (C=N–C) groups is 1. The number of Topliss-reactive ketones (excluding diaryl/α,β-unsaturated/α-hetero) is 1. The third kappa shape index (κ3) is 21.2. The number of aromatic nitrogens is 2. The van der Waals surface area contributed by atoms with Crippen molar-refractivity contribution in [3.05, 3.63) is 179 Å². The predicted octanol–water partition coefficient (Wildman–Crippen LogP) is 6.39. The van der Waals surface area contributed by atoms with Crippen molar-refractivity contribution in [3.63, 3.8) is 0 Å². The molecule has 554 valence electrons. The number of halogens is 1. The van der Waals surface area contributed by atoms with E-state index in [1.165, 1.54) is 47.7 Å². The number of nitrogens with one attached hydrogen (secondary N) is 9. The van der Waals surface area contributed by atoms with Gasteiger partial charge < -0.3 is 74.4 Å². The van der Waals surface area contributed by atoms with Gasteiger partial charge in [-0.2, -0.15) is 0 Å². The molecule has 4 heterocycles. The van der Waals surface area contributed by atoms with Crippen molar-refractivity contribution in [2.24, 2.45) is 34.0 Å². The van der Waals surface area contributed by atoms with Crippen LogP contribution in [0.2, 0.25) is 0 Å². The first-order valence-electron chi connectivity index (χ1n) is 37.0. The summed E-state index contributed by atoms with van der Waals surface area (Å²) in [6.45, 7) is 2.64. The van der Waals surface area contributed by atoms with Gasteiger partial charge in [0.15, 0.2) is 11.7 Å². The third-order valence-electron chi connectivity index (χ3n) is 20.9. The predicted molar refractivity (Wildman–Crippen MR) is 400 cm³/mol. The number of hydrogen-bond acceptors (Lipinski definition) is 12. The number of unbranched alkanes of at least 4 members (excludes halogenated alkanes) is 2. The Bertz CT molecular complexity index is 4070. The zero-order valence-electron chi connectivity index (χ0n) is 59.7. The van der Waals surface area contributed by atoms with Gasteiger partial charge in [0, 0.05) is 90.8 Å². The molecule has 7 aromatic rings. The minimum atomic E-state index is -1.65. The van der Waals surface area contributed by atoms with Crippen LogP contribution in [-0.4, -0.2) is 154 Å². The molecule has 1 aliphatic carbocycles. The number of piperidine rings is 1. The number of hydrogen-bond donors (Lipinski definition) is 13. The average molecular weight is 1420 g/mol. The van der Waals surface area contributed by atoms with E-state index in [1.807, 2.05) is 42.5 Å². The summed E-state index contributed by atoms with van der Waals surface area (Å²) in [7, 11) is 2.22. The highest BCUT2D eigenvalue weighted by atomic mass is 19.1.